The second kappa shape index (κ2) is 12.0. The van der Waals surface area contributed by atoms with E-state index in [0.717, 1.165) is 45.0 Å². The van der Waals surface area contributed by atoms with Crippen molar-refractivity contribution >= 4 is 11.1 Å². The smallest absolute Gasteiger partial charge is 0.0449 e. The van der Waals surface area contributed by atoms with E-state index in [9.17, 15) is 0 Å². The highest BCUT2D eigenvalue weighted by molar-refractivity contribution is 6.04. The van der Waals surface area contributed by atoms with Crippen LogP contribution in [0.3, 0.4) is 0 Å². The molecule has 46 heavy (non-hydrogen) atoms. The van der Waals surface area contributed by atoms with Gasteiger partial charge >= 0.3 is 0 Å². The Hall–Kier alpha value is -6.26. The zero-order valence-corrected chi connectivity index (χ0v) is 25.3. The van der Waals surface area contributed by atoms with Crippen molar-refractivity contribution in [2.45, 2.75) is 0 Å². The first kappa shape index (κ1) is 27.3. The topological polar surface area (TPSA) is 19.7 Å². The second-order valence-corrected chi connectivity index (χ2v) is 11.3. The van der Waals surface area contributed by atoms with Gasteiger partial charge in [-0.05, 0) is 130 Å². The molecule has 4 heterocycles. The van der Waals surface area contributed by atoms with Crippen LogP contribution < -0.4 is 0 Å². The maximum Gasteiger partial charge on any atom is 0.0449 e. The molecule has 4 heteroatoms. The molecular formula is C42H32N4. The Morgan fingerprint density at radius 3 is 0.587 bits per heavy atom. The van der Waals surface area contributed by atoms with E-state index < -0.39 is 0 Å². The lowest BCUT2D eigenvalue weighted by Gasteiger charge is -2.20. The lowest BCUT2D eigenvalue weighted by molar-refractivity contribution is 1.08. The van der Waals surface area contributed by atoms with Gasteiger partial charge in [-0.15, -0.1) is 0 Å². The number of hydrogen-bond acceptors (Lipinski definition) is 0. The van der Waals surface area contributed by atoms with Gasteiger partial charge in [0, 0.05) is 72.3 Å². The average molecular weight is 593 g/mol. The quantitative estimate of drug-likeness (QED) is 0.157. The molecule has 0 fully saturated rings. The molecule has 0 N–H and O–H groups in total. The van der Waals surface area contributed by atoms with Gasteiger partial charge in [-0.2, -0.15) is 0 Å². The highest BCUT2D eigenvalue weighted by Gasteiger charge is 2.17. The SMILES string of the molecule is c1ccn(-c2ccc(C(=C(c3ccc(-n4cccc4)cc3)c3ccc(-n4cccc4)cc3)c3ccc(-n4cccc4)cc3)cc2)c1. The Labute approximate surface area is 269 Å². The number of rotatable bonds is 8. The minimum atomic E-state index is 1.13. The molecule has 0 spiro atoms. The van der Waals surface area contributed by atoms with Crippen molar-refractivity contribution in [1.29, 1.82) is 0 Å². The van der Waals surface area contributed by atoms with Crippen molar-refractivity contribution in [1.82, 2.24) is 18.3 Å². The minimum absolute atomic E-state index is 1.13. The summed E-state index contributed by atoms with van der Waals surface area (Å²) in [6, 6.07) is 52.0. The van der Waals surface area contributed by atoms with Gasteiger partial charge in [-0.1, -0.05) is 48.5 Å². The van der Waals surface area contributed by atoms with Gasteiger partial charge in [0.1, 0.15) is 0 Å². The Balaban J connectivity index is 1.33. The van der Waals surface area contributed by atoms with Gasteiger partial charge < -0.3 is 18.3 Å². The molecule has 0 aliphatic heterocycles. The standard InChI is InChI=1S/C42H32N4/c1-2-26-43(25-1)37-17-9-33(10-18-37)41(34-11-19-38(20-12-34)44-27-3-4-28-44)42(35-13-21-39(22-14-35)45-29-5-6-30-45)36-15-23-40(24-16-36)46-31-7-8-32-46/h1-32H. The van der Waals surface area contributed by atoms with Crippen molar-refractivity contribution in [3.8, 4) is 22.7 Å². The van der Waals surface area contributed by atoms with Crippen LogP contribution in [-0.4, -0.2) is 18.3 Å². The fraction of sp³-hybridized carbons (Fsp3) is 0. The van der Waals surface area contributed by atoms with Crippen LogP contribution in [0.5, 0.6) is 0 Å². The summed E-state index contributed by atoms with van der Waals surface area (Å²) in [4.78, 5) is 0. The van der Waals surface area contributed by atoms with Gasteiger partial charge in [0.15, 0.2) is 0 Å². The first-order valence-electron chi connectivity index (χ1n) is 15.5. The summed E-state index contributed by atoms with van der Waals surface area (Å²) < 4.78 is 8.56. The number of aromatic nitrogens is 4. The van der Waals surface area contributed by atoms with E-state index in [-0.39, 0.29) is 0 Å². The molecular weight excluding hydrogens is 560 g/mol. The summed E-state index contributed by atoms with van der Waals surface area (Å²) in [5, 5.41) is 0. The zero-order chi connectivity index (χ0) is 30.7. The third-order valence-corrected chi connectivity index (χ3v) is 8.48. The van der Waals surface area contributed by atoms with Crippen molar-refractivity contribution in [2.75, 3.05) is 0 Å². The third-order valence-electron chi connectivity index (χ3n) is 8.48. The van der Waals surface area contributed by atoms with Crippen LogP contribution in [0, 0.1) is 0 Å². The molecule has 0 atom stereocenters. The van der Waals surface area contributed by atoms with Gasteiger partial charge in [0.2, 0.25) is 0 Å². The van der Waals surface area contributed by atoms with Crippen LogP contribution in [0.4, 0.5) is 0 Å². The largest absolute Gasteiger partial charge is 0.324 e. The second-order valence-electron chi connectivity index (χ2n) is 11.3. The van der Waals surface area contributed by atoms with Gasteiger partial charge in [-0.25, -0.2) is 0 Å². The van der Waals surface area contributed by atoms with Crippen molar-refractivity contribution in [3.05, 3.63) is 217 Å². The molecule has 220 valence electrons. The molecule has 0 aliphatic rings. The number of hydrogen-bond donors (Lipinski definition) is 0. The monoisotopic (exact) mass is 592 g/mol. The molecule has 0 radical (unpaired) electrons. The molecule has 4 aromatic heterocycles. The number of nitrogens with zero attached hydrogens (tertiary/aromatic N) is 4. The Morgan fingerprint density at radius 1 is 0.239 bits per heavy atom. The molecule has 8 rings (SSSR count). The maximum absolute atomic E-state index is 2.24. The van der Waals surface area contributed by atoms with E-state index >= 15 is 0 Å². The van der Waals surface area contributed by atoms with E-state index in [1.807, 2.05) is 0 Å². The molecule has 8 aromatic rings. The molecule has 0 aliphatic carbocycles. The molecule has 0 amide bonds. The third kappa shape index (κ3) is 5.33. The lowest BCUT2D eigenvalue weighted by Crippen LogP contribution is -2.00. The summed E-state index contributed by atoms with van der Waals surface area (Å²) in [6.07, 6.45) is 16.6. The van der Waals surface area contributed by atoms with Crippen LogP contribution in [0.1, 0.15) is 22.3 Å². The van der Waals surface area contributed by atoms with Crippen LogP contribution in [0.15, 0.2) is 195 Å². The number of benzene rings is 4. The summed E-state index contributed by atoms with van der Waals surface area (Å²) in [5.74, 6) is 0. The van der Waals surface area contributed by atoms with Gasteiger partial charge in [0.05, 0.1) is 0 Å². The molecule has 0 saturated heterocycles. The fourth-order valence-electron chi connectivity index (χ4n) is 6.14. The Kier molecular flexibility index (Phi) is 7.14. The first-order valence-corrected chi connectivity index (χ1v) is 15.5. The van der Waals surface area contributed by atoms with Crippen LogP contribution in [0.25, 0.3) is 33.9 Å². The molecule has 0 saturated carbocycles. The van der Waals surface area contributed by atoms with Crippen LogP contribution in [-0.2, 0) is 0 Å². The lowest BCUT2D eigenvalue weighted by atomic mass is 9.85. The molecule has 4 nitrogen and oxygen atoms in total. The van der Waals surface area contributed by atoms with E-state index in [0.29, 0.717) is 0 Å². The van der Waals surface area contributed by atoms with Crippen LogP contribution in [0.2, 0.25) is 0 Å². The maximum atomic E-state index is 2.24. The van der Waals surface area contributed by atoms with Gasteiger partial charge in [0.25, 0.3) is 0 Å². The van der Waals surface area contributed by atoms with E-state index in [4.69, 9.17) is 0 Å². The predicted octanol–water partition coefficient (Wildman–Crippen LogP) is 9.86. The van der Waals surface area contributed by atoms with E-state index in [1.165, 1.54) is 11.1 Å². The molecule has 0 bridgehead atoms. The summed E-state index contributed by atoms with van der Waals surface area (Å²) in [7, 11) is 0. The predicted molar refractivity (Wildman–Crippen MR) is 188 cm³/mol. The fourth-order valence-corrected chi connectivity index (χ4v) is 6.14. The highest BCUT2D eigenvalue weighted by Crippen LogP contribution is 2.38. The van der Waals surface area contributed by atoms with Crippen molar-refractivity contribution in [3.63, 3.8) is 0 Å². The van der Waals surface area contributed by atoms with Crippen molar-refractivity contribution < 1.29 is 0 Å². The molecule has 0 unspecified atom stereocenters. The minimum Gasteiger partial charge on any atom is -0.324 e. The molecule has 4 aromatic carbocycles. The summed E-state index contributed by atoms with van der Waals surface area (Å²) >= 11 is 0. The average Bonchev–Trinajstić information content (AvgIpc) is 3.96. The van der Waals surface area contributed by atoms with Crippen LogP contribution >= 0.6 is 0 Å². The normalized spacial score (nSPS) is 11.0. The summed E-state index contributed by atoms with van der Waals surface area (Å²) in [5.41, 5.74) is 11.5. The Morgan fingerprint density at radius 2 is 0.413 bits per heavy atom. The van der Waals surface area contributed by atoms with Gasteiger partial charge in [-0.3, -0.25) is 0 Å². The summed E-state index contributed by atoms with van der Waals surface area (Å²) in [6.45, 7) is 0. The van der Waals surface area contributed by atoms with E-state index in [1.54, 1.807) is 0 Å². The Bertz CT molecular complexity index is 1840. The zero-order valence-electron chi connectivity index (χ0n) is 25.3. The van der Waals surface area contributed by atoms with E-state index in [2.05, 4.69) is 213 Å². The first-order chi connectivity index (χ1) is 22.8. The van der Waals surface area contributed by atoms with Crippen molar-refractivity contribution in [2.24, 2.45) is 0 Å². The highest BCUT2D eigenvalue weighted by atomic mass is 15.0.